The lowest BCUT2D eigenvalue weighted by Gasteiger charge is -2.43. The standard InChI is InChI=1S/C17H20ClN3O/c1-19-9-5-6-12-10-13-15(14(18)11-12)20-16(22)21-17(13)7-3-2-4-8-17/h10-11,19H,2-4,7-9H2,1H3,(H2,20,21,22). The molecule has 1 fully saturated rings. The van der Waals surface area contributed by atoms with Crippen LogP contribution in [0.1, 0.15) is 43.2 Å². The van der Waals surface area contributed by atoms with Crippen molar-refractivity contribution in [2.75, 3.05) is 18.9 Å². The van der Waals surface area contributed by atoms with Gasteiger partial charge in [-0.1, -0.05) is 42.7 Å². The van der Waals surface area contributed by atoms with Gasteiger partial charge in [0.15, 0.2) is 0 Å². The largest absolute Gasteiger partial charge is 0.328 e. The second kappa shape index (κ2) is 6.20. The molecule has 0 atom stereocenters. The van der Waals surface area contributed by atoms with Gasteiger partial charge >= 0.3 is 6.03 Å². The summed E-state index contributed by atoms with van der Waals surface area (Å²) in [5, 5.41) is 9.55. The van der Waals surface area contributed by atoms with E-state index < -0.39 is 0 Å². The zero-order chi connectivity index (χ0) is 15.6. The molecule has 1 spiro atoms. The van der Waals surface area contributed by atoms with E-state index in [4.69, 9.17) is 11.6 Å². The summed E-state index contributed by atoms with van der Waals surface area (Å²) < 4.78 is 0. The van der Waals surface area contributed by atoms with E-state index in [9.17, 15) is 4.79 Å². The lowest BCUT2D eigenvalue weighted by atomic mass is 9.74. The molecule has 1 heterocycles. The topological polar surface area (TPSA) is 53.2 Å². The van der Waals surface area contributed by atoms with Crippen molar-refractivity contribution in [1.29, 1.82) is 0 Å². The average molecular weight is 318 g/mol. The fourth-order valence-electron chi connectivity index (χ4n) is 3.40. The summed E-state index contributed by atoms with van der Waals surface area (Å²) >= 11 is 6.40. The molecule has 0 radical (unpaired) electrons. The normalized spacial score (nSPS) is 18.7. The minimum absolute atomic E-state index is 0.162. The zero-order valence-electron chi connectivity index (χ0n) is 12.7. The molecule has 3 N–H and O–H groups in total. The van der Waals surface area contributed by atoms with Crippen LogP contribution >= 0.6 is 11.6 Å². The highest BCUT2D eigenvalue weighted by molar-refractivity contribution is 6.34. The van der Waals surface area contributed by atoms with Crippen LogP contribution in [-0.2, 0) is 5.54 Å². The molecule has 22 heavy (non-hydrogen) atoms. The molecular weight excluding hydrogens is 298 g/mol. The quantitative estimate of drug-likeness (QED) is 0.697. The van der Waals surface area contributed by atoms with Gasteiger partial charge < -0.3 is 16.0 Å². The maximum atomic E-state index is 12.0. The molecule has 0 saturated heterocycles. The number of carbonyl (C=O) groups is 1. The van der Waals surface area contributed by atoms with E-state index >= 15 is 0 Å². The number of nitrogens with one attached hydrogen (secondary N) is 3. The fourth-order valence-corrected chi connectivity index (χ4v) is 3.66. The first-order valence-corrected chi connectivity index (χ1v) is 8.09. The molecule has 0 aromatic heterocycles. The highest BCUT2D eigenvalue weighted by atomic mass is 35.5. The summed E-state index contributed by atoms with van der Waals surface area (Å²) in [6.07, 6.45) is 5.37. The number of fused-ring (bicyclic) bond motifs is 2. The number of carbonyl (C=O) groups excluding carboxylic acids is 1. The summed E-state index contributed by atoms with van der Waals surface area (Å²) in [5.74, 6) is 6.19. The second-order valence-corrected chi connectivity index (χ2v) is 6.34. The van der Waals surface area contributed by atoms with Crippen LogP contribution < -0.4 is 16.0 Å². The molecule has 1 aromatic rings. The molecular formula is C17H20ClN3O. The van der Waals surface area contributed by atoms with Crippen LogP contribution in [0.15, 0.2) is 12.1 Å². The van der Waals surface area contributed by atoms with Crippen molar-refractivity contribution in [2.24, 2.45) is 0 Å². The van der Waals surface area contributed by atoms with Crippen molar-refractivity contribution in [2.45, 2.75) is 37.6 Å². The number of benzene rings is 1. The Kier molecular flexibility index (Phi) is 4.28. The van der Waals surface area contributed by atoms with Gasteiger partial charge in [-0.15, -0.1) is 0 Å². The van der Waals surface area contributed by atoms with Crippen LogP contribution in [0, 0.1) is 11.8 Å². The fraction of sp³-hybridized carbons (Fsp3) is 0.471. The maximum absolute atomic E-state index is 12.0. The Balaban J connectivity index is 2.07. The predicted molar refractivity (Wildman–Crippen MR) is 89.2 cm³/mol. The first-order chi connectivity index (χ1) is 10.6. The summed E-state index contributed by atoms with van der Waals surface area (Å²) in [6.45, 7) is 0.634. The molecule has 1 aliphatic carbocycles. The number of hydrogen-bond donors (Lipinski definition) is 3. The highest BCUT2D eigenvalue weighted by Gasteiger charge is 2.41. The average Bonchev–Trinajstić information content (AvgIpc) is 2.50. The summed E-state index contributed by atoms with van der Waals surface area (Å²) in [4.78, 5) is 12.0. The second-order valence-electron chi connectivity index (χ2n) is 5.93. The minimum Gasteiger partial charge on any atom is -0.328 e. The summed E-state index contributed by atoms with van der Waals surface area (Å²) in [7, 11) is 1.87. The van der Waals surface area contributed by atoms with Crippen molar-refractivity contribution in [3.63, 3.8) is 0 Å². The van der Waals surface area contributed by atoms with Crippen molar-refractivity contribution in [3.8, 4) is 11.8 Å². The Labute approximate surface area is 136 Å². The highest BCUT2D eigenvalue weighted by Crippen LogP contribution is 2.45. The Morgan fingerprint density at radius 2 is 2.09 bits per heavy atom. The third kappa shape index (κ3) is 2.79. The number of halogens is 1. The Hall–Kier alpha value is -1.70. The molecule has 1 aliphatic heterocycles. The van der Waals surface area contributed by atoms with E-state index in [0.717, 1.165) is 42.5 Å². The molecule has 0 unspecified atom stereocenters. The molecule has 0 bridgehead atoms. The number of hydrogen-bond acceptors (Lipinski definition) is 2. The third-order valence-corrected chi connectivity index (χ3v) is 4.70. The van der Waals surface area contributed by atoms with Crippen LogP contribution in [0.4, 0.5) is 10.5 Å². The lowest BCUT2D eigenvalue weighted by molar-refractivity contribution is 0.208. The minimum atomic E-state index is -0.291. The first-order valence-electron chi connectivity index (χ1n) is 7.71. The number of urea groups is 1. The van der Waals surface area contributed by atoms with E-state index in [2.05, 4.69) is 33.9 Å². The predicted octanol–water partition coefficient (Wildman–Crippen LogP) is 3.21. The van der Waals surface area contributed by atoms with E-state index in [0.29, 0.717) is 11.6 Å². The van der Waals surface area contributed by atoms with Gasteiger partial charge in [0, 0.05) is 11.1 Å². The van der Waals surface area contributed by atoms with Crippen molar-refractivity contribution in [1.82, 2.24) is 10.6 Å². The zero-order valence-corrected chi connectivity index (χ0v) is 13.4. The number of amides is 2. The molecule has 4 nitrogen and oxygen atoms in total. The summed E-state index contributed by atoms with van der Waals surface area (Å²) in [5.41, 5.74) is 2.42. The molecule has 1 saturated carbocycles. The van der Waals surface area contributed by atoms with Gasteiger partial charge in [-0.2, -0.15) is 0 Å². The van der Waals surface area contributed by atoms with Gasteiger partial charge in [0.1, 0.15) is 0 Å². The van der Waals surface area contributed by atoms with Gasteiger partial charge in [-0.3, -0.25) is 0 Å². The van der Waals surface area contributed by atoms with Gasteiger partial charge in [-0.05, 0) is 32.0 Å². The van der Waals surface area contributed by atoms with E-state index in [1.54, 1.807) is 0 Å². The molecule has 2 aliphatic rings. The van der Waals surface area contributed by atoms with Gasteiger partial charge in [0.2, 0.25) is 0 Å². The van der Waals surface area contributed by atoms with E-state index in [1.807, 2.05) is 13.1 Å². The van der Waals surface area contributed by atoms with Crippen LogP contribution in [-0.4, -0.2) is 19.6 Å². The van der Waals surface area contributed by atoms with Crippen LogP contribution in [0.25, 0.3) is 0 Å². The number of anilines is 1. The summed E-state index contributed by atoms with van der Waals surface area (Å²) in [6, 6.07) is 3.73. The maximum Gasteiger partial charge on any atom is 0.319 e. The molecule has 1 aromatic carbocycles. The van der Waals surface area contributed by atoms with Gasteiger partial charge in [-0.25, -0.2) is 4.79 Å². The Bertz CT molecular complexity index is 654. The van der Waals surface area contributed by atoms with E-state index in [-0.39, 0.29) is 11.6 Å². The first kappa shape index (κ1) is 15.2. The Morgan fingerprint density at radius 3 is 2.82 bits per heavy atom. The van der Waals surface area contributed by atoms with Crippen molar-refractivity contribution >= 4 is 23.3 Å². The van der Waals surface area contributed by atoms with Crippen molar-refractivity contribution < 1.29 is 4.79 Å². The van der Waals surface area contributed by atoms with E-state index in [1.165, 1.54) is 6.42 Å². The molecule has 116 valence electrons. The van der Waals surface area contributed by atoms with Crippen LogP contribution in [0.5, 0.6) is 0 Å². The van der Waals surface area contributed by atoms with Crippen molar-refractivity contribution in [3.05, 3.63) is 28.3 Å². The lowest BCUT2D eigenvalue weighted by Crippen LogP contribution is -2.52. The van der Waals surface area contributed by atoms with Gasteiger partial charge in [0.25, 0.3) is 0 Å². The monoisotopic (exact) mass is 317 g/mol. The molecule has 2 amide bonds. The van der Waals surface area contributed by atoms with Crippen LogP contribution in [0.2, 0.25) is 5.02 Å². The molecule has 5 heteroatoms. The smallest absolute Gasteiger partial charge is 0.319 e. The van der Waals surface area contributed by atoms with Gasteiger partial charge in [0.05, 0.1) is 22.8 Å². The SMILES string of the molecule is CNCC#Cc1cc(Cl)c2c(c1)C1(CCCCC1)NC(=O)N2. The Morgan fingerprint density at radius 1 is 1.32 bits per heavy atom. The molecule has 3 rings (SSSR count). The van der Waals surface area contributed by atoms with Crippen LogP contribution in [0.3, 0.4) is 0 Å². The number of rotatable bonds is 1. The third-order valence-electron chi connectivity index (χ3n) is 4.40.